The molecule has 2 aromatic carbocycles. The topological polar surface area (TPSA) is 62.2 Å². The zero-order valence-electron chi connectivity index (χ0n) is 18.1. The van der Waals surface area contributed by atoms with Crippen molar-refractivity contribution in [2.45, 2.75) is 12.1 Å². The van der Waals surface area contributed by atoms with Gasteiger partial charge in [-0.1, -0.05) is 24.3 Å². The predicted octanol–water partition coefficient (Wildman–Crippen LogP) is 4.62. The minimum absolute atomic E-state index is 0.0589. The maximum absolute atomic E-state index is 13.6. The zero-order chi connectivity index (χ0) is 23.5. The van der Waals surface area contributed by atoms with Crippen LogP contribution in [0.5, 0.6) is 0 Å². The molecule has 4 aromatic rings. The van der Waals surface area contributed by atoms with E-state index in [1.54, 1.807) is 18.3 Å². The van der Waals surface area contributed by atoms with Crippen molar-refractivity contribution in [1.29, 1.82) is 0 Å². The van der Waals surface area contributed by atoms with Gasteiger partial charge in [0.15, 0.2) is 5.11 Å². The summed E-state index contributed by atoms with van der Waals surface area (Å²) in [6.07, 6.45) is 3.66. The number of hydrogen-bond donors (Lipinski definition) is 2. The fourth-order valence-corrected chi connectivity index (χ4v) is 4.55. The Kier molecular flexibility index (Phi) is 6.05. The minimum Gasteiger partial charge on any atom is -0.352 e. The van der Waals surface area contributed by atoms with Crippen LogP contribution in [0.2, 0.25) is 0 Å². The van der Waals surface area contributed by atoms with Gasteiger partial charge >= 0.3 is 0 Å². The summed E-state index contributed by atoms with van der Waals surface area (Å²) < 4.78 is 15.5. The summed E-state index contributed by atoms with van der Waals surface area (Å²) in [5.41, 5.74) is 3.25. The Morgan fingerprint density at radius 3 is 2.50 bits per heavy atom. The number of hydrogen-bond acceptors (Lipinski definition) is 3. The van der Waals surface area contributed by atoms with Crippen LogP contribution in [0.4, 0.5) is 10.1 Å². The highest BCUT2D eigenvalue weighted by Crippen LogP contribution is 2.39. The maximum atomic E-state index is 13.6. The third kappa shape index (κ3) is 4.40. The first-order valence-corrected chi connectivity index (χ1v) is 11.3. The first kappa shape index (κ1) is 21.8. The summed E-state index contributed by atoms with van der Waals surface area (Å²) in [7, 11) is 0. The monoisotopic (exact) mass is 471 g/mol. The fraction of sp³-hybridized carbons (Fsp3) is 0.115. The Labute approximate surface area is 202 Å². The molecule has 2 N–H and O–H groups in total. The van der Waals surface area contributed by atoms with Crippen LogP contribution in [-0.2, 0) is 4.79 Å². The second-order valence-corrected chi connectivity index (χ2v) is 8.33. The van der Waals surface area contributed by atoms with Crippen LogP contribution in [0, 0.1) is 5.82 Å². The highest BCUT2D eigenvalue weighted by atomic mass is 32.1. The number of nitrogens with one attached hydrogen (secondary N) is 2. The Bertz CT molecular complexity index is 1290. The van der Waals surface area contributed by atoms with Gasteiger partial charge in [0.05, 0.1) is 17.8 Å². The number of halogens is 1. The van der Waals surface area contributed by atoms with Gasteiger partial charge in [0.2, 0.25) is 5.91 Å². The second-order valence-electron chi connectivity index (χ2n) is 7.95. The molecule has 0 radical (unpaired) electrons. The Hall–Kier alpha value is -4.04. The molecule has 1 saturated heterocycles. The van der Waals surface area contributed by atoms with Gasteiger partial charge in [0.25, 0.3) is 0 Å². The molecule has 3 heterocycles. The summed E-state index contributed by atoms with van der Waals surface area (Å²) >= 11 is 5.68. The van der Waals surface area contributed by atoms with Gasteiger partial charge in [-0.3, -0.25) is 9.78 Å². The number of nitrogens with zero attached hydrogens (tertiary/aromatic N) is 3. The lowest BCUT2D eigenvalue weighted by Crippen LogP contribution is -2.37. The van der Waals surface area contributed by atoms with E-state index in [9.17, 15) is 9.18 Å². The Morgan fingerprint density at radius 2 is 1.76 bits per heavy atom. The molecule has 34 heavy (non-hydrogen) atoms. The minimum atomic E-state index is -0.316. The van der Waals surface area contributed by atoms with Gasteiger partial charge in [0.1, 0.15) is 12.4 Å². The lowest BCUT2D eigenvalue weighted by Gasteiger charge is -2.28. The molecule has 1 fully saturated rings. The van der Waals surface area contributed by atoms with Crippen LogP contribution < -0.4 is 10.6 Å². The molecule has 0 aliphatic carbocycles. The number of pyridine rings is 1. The van der Waals surface area contributed by atoms with Crippen molar-refractivity contribution in [2.75, 3.05) is 11.9 Å². The maximum Gasteiger partial charge on any atom is 0.244 e. The highest BCUT2D eigenvalue weighted by Gasteiger charge is 2.42. The Balaban J connectivity index is 1.51. The largest absolute Gasteiger partial charge is 0.352 e. The van der Waals surface area contributed by atoms with Crippen molar-refractivity contribution in [3.05, 3.63) is 115 Å². The highest BCUT2D eigenvalue weighted by molar-refractivity contribution is 7.80. The van der Waals surface area contributed by atoms with E-state index in [1.807, 2.05) is 76.3 Å². The van der Waals surface area contributed by atoms with Crippen molar-refractivity contribution < 1.29 is 9.18 Å². The number of para-hydroxylation sites is 1. The van der Waals surface area contributed by atoms with Crippen molar-refractivity contribution in [1.82, 2.24) is 19.8 Å². The van der Waals surface area contributed by atoms with Gasteiger partial charge in [-0.25, -0.2) is 4.39 Å². The molecule has 1 aliphatic rings. The van der Waals surface area contributed by atoms with Gasteiger partial charge < -0.3 is 20.1 Å². The van der Waals surface area contributed by atoms with Gasteiger partial charge in [-0.05, 0) is 72.9 Å². The van der Waals surface area contributed by atoms with E-state index in [-0.39, 0.29) is 30.4 Å². The molecule has 1 amide bonds. The van der Waals surface area contributed by atoms with Gasteiger partial charge in [-0.15, -0.1) is 0 Å². The van der Waals surface area contributed by atoms with Crippen LogP contribution in [0.3, 0.4) is 0 Å². The van der Waals surface area contributed by atoms with Gasteiger partial charge in [-0.2, -0.15) is 0 Å². The summed E-state index contributed by atoms with van der Waals surface area (Å²) in [6.45, 7) is 0.0589. The van der Waals surface area contributed by atoms with Gasteiger partial charge in [0, 0.05) is 29.5 Å². The van der Waals surface area contributed by atoms with Crippen LogP contribution in [0.1, 0.15) is 23.5 Å². The van der Waals surface area contributed by atoms with E-state index in [0.717, 1.165) is 22.8 Å². The molecule has 170 valence electrons. The summed E-state index contributed by atoms with van der Waals surface area (Å²) in [5.74, 6) is -0.478. The number of thiocarbonyl (C=S) groups is 1. The molecule has 1 aliphatic heterocycles. The lowest BCUT2D eigenvalue weighted by atomic mass is 10.0. The lowest BCUT2D eigenvalue weighted by molar-refractivity contribution is -0.116. The van der Waals surface area contributed by atoms with Crippen LogP contribution in [0.15, 0.2) is 97.3 Å². The van der Waals surface area contributed by atoms with Crippen LogP contribution >= 0.6 is 12.2 Å². The number of carbonyl (C=O) groups excluding carboxylic acids is 1. The SMILES string of the molecule is O=C(CN1C(=S)N[C@@H](c2ccccn2)[C@H]1c1cccn1-c1ccc(F)cc1)Nc1ccccc1. The second kappa shape index (κ2) is 9.44. The molecule has 6 nitrogen and oxygen atoms in total. The summed E-state index contributed by atoms with van der Waals surface area (Å²) in [5, 5.41) is 6.76. The number of aromatic nitrogens is 2. The number of amides is 1. The first-order chi connectivity index (χ1) is 16.6. The molecule has 0 saturated carbocycles. The molecule has 8 heteroatoms. The molecule has 0 bridgehead atoms. The average Bonchev–Trinajstić information content (AvgIpc) is 3.45. The van der Waals surface area contributed by atoms with E-state index >= 15 is 0 Å². The number of anilines is 1. The molecule has 2 atom stereocenters. The van der Waals surface area contributed by atoms with Crippen molar-refractivity contribution >= 4 is 28.9 Å². The molecule has 2 aromatic heterocycles. The van der Waals surface area contributed by atoms with E-state index in [4.69, 9.17) is 12.2 Å². The van der Waals surface area contributed by atoms with Crippen molar-refractivity contribution in [3.63, 3.8) is 0 Å². The fourth-order valence-electron chi connectivity index (χ4n) is 4.25. The summed E-state index contributed by atoms with van der Waals surface area (Å²) in [4.78, 5) is 19.4. The molecular weight excluding hydrogens is 449 g/mol. The number of carbonyl (C=O) groups is 1. The third-order valence-corrected chi connectivity index (χ3v) is 6.11. The van der Waals surface area contributed by atoms with E-state index < -0.39 is 0 Å². The van der Waals surface area contributed by atoms with E-state index in [2.05, 4.69) is 15.6 Å². The summed E-state index contributed by atoms with van der Waals surface area (Å²) in [6, 6.07) is 24.7. The van der Waals surface area contributed by atoms with Crippen molar-refractivity contribution in [3.8, 4) is 5.69 Å². The van der Waals surface area contributed by atoms with Crippen molar-refractivity contribution in [2.24, 2.45) is 0 Å². The van der Waals surface area contributed by atoms with Crippen LogP contribution in [-0.4, -0.2) is 32.0 Å². The number of benzene rings is 2. The predicted molar refractivity (Wildman–Crippen MR) is 133 cm³/mol. The molecular formula is C26H22FN5OS. The Morgan fingerprint density at radius 1 is 1.00 bits per heavy atom. The average molecular weight is 472 g/mol. The molecule has 5 rings (SSSR count). The molecule has 0 spiro atoms. The third-order valence-electron chi connectivity index (χ3n) is 5.76. The smallest absolute Gasteiger partial charge is 0.244 e. The quantitative estimate of drug-likeness (QED) is 0.402. The van der Waals surface area contributed by atoms with Crippen LogP contribution in [0.25, 0.3) is 5.69 Å². The standard InChI is InChI=1S/C26H22FN5OS/c27-18-11-13-20(14-12-18)31-16-6-10-22(31)25-24(21-9-4-5-15-28-21)30-26(34)32(25)17-23(33)29-19-7-2-1-3-8-19/h1-16,24-25H,17H2,(H,29,33)(H,30,34)/t24-,25+/m0/s1. The number of rotatable bonds is 6. The molecule has 0 unspecified atom stereocenters. The normalized spacial score (nSPS) is 17.4. The first-order valence-electron chi connectivity index (χ1n) is 10.9. The van der Waals surface area contributed by atoms with E-state index in [0.29, 0.717) is 5.11 Å². The zero-order valence-corrected chi connectivity index (χ0v) is 19.0. The van der Waals surface area contributed by atoms with E-state index in [1.165, 1.54) is 12.1 Å².